The molecule has 2 amide bonds. The highest BCUT2D eigenvalue weighted by Crippen LogP contribution is 2.25. The smallest absolute Gasteiger partial charge is 0.331 e. The van der Waals surface area contributed by atoms with Gasteiger partial charge in [0.15, 0.2) is 0 Å². The Morgan fingerprint density at radius 1 is 1.21 bits per heavy atom. The van der Waals surface area contributed by atoms with Crippen molar-refractivity contribution in [2.75, 3.05) is 0 Å². The molecule has 0 bridgehead atoms. The van der Waals surface area contributed by atoms with Crippen LogP contribution in [-0.2, 0) is 23.9 Å². The van der Waals surface area contributed by atoms with Crippen LogP contribution in [-0.4, -0.2) is 52.1 Å². The van der Waals surface area contributed by atoms with E-state index < -0.39 is 30.2 Å². The number of nitrogens with one attached hydrogen (secondary N) is 1. The normalized spacial score (nSPS) is 29.1. The summed E-state index contributed by atoms with van der Waals surface area (Å²) in [6.45, 7) is 5.40. The van der Waals surface area contributed by atoms with Crippen molar-refractivity contribution >= 4 is 23.6 Å². The van der Waals surface area contributed by atoms with Crippen molar-refractivity contribution in [3.05, 3.63) is 36.0 Å². The predicted octanol–water partition coefficient (Wildman–Crippen LogP) is 2.54. The number of aliphatic hydroxyl groups is 2. The summed E-state index contributed by atoms with van der Waals surface area (Å²) < 4.78 is 5.67. The van der Waals surface area contributed by atoms with Crippen LogP contribution in [0.1, 0.15) is 65.7 Å². The van der Waals surface area contributed by atoms with Gasteiger partial charge >= 0.3 is 5.97 Å². The molecule has 0 radical (unpaired) electrons. The van der Waals surface area contributed by atoms with Gasteiger partial charge in [-0.1, -0.05) is 38.2 Å². The summed E-state index contributed by atoms with van der Waals surface area (Å²) in [5, 5.41) is 22.9. The van der Waals surface area contributed by atoms with Gasteiger partial charge in [0.05, 0.1) is 12.2 Å². The number of carbonyl (C=O) groups is 4. The summed E-state index contributed by atoms with van der Waals surface area (Å²) in [6.07, 6.45) is 8.54. The average Bonchev–Trinajstić information content (AvgIpc) is 2.72. The molecule has 0 saturated carbocycles. The Hall–Kier alpha value is -2.58. The molecule has 1 saturated heterocycles. The molecule has 2 aliphatic heterocycles. The topological polar surface area (TPSA) is 130 Å². The fraction of sp³-hybridized carbons (Fsp3) is 0.615. The molecule has 0 aliphatic carbocycles. The largest absolute Gasteiger partial charge is 0.454 e. The van der Waals surface area contributed by atoms with Gasteiger partial charge in [-0.3, -0.25) is 19.7 Å². The number of allylic oxidation sites excluding steroid dienone is 3. The van der Waals surface area contributed by atoms with Crippen molar-refractivity contribution in [2.24, 2.45) is 17.8 Å². The second-order valence-corrected chi connectivity index (χ2v) is 9.55. The van der Waals surface area contributed by atoms with Crippen LogP contribution in [0.2, 0.25) is 0 Å². The number of esters is 1. The fourth-order valence-electron chi connectivity index (χ4n) is 4.52. The second kappa shape index (κ2) is 13.3. The summed E-state index contributed by atoms with van der Waals surface area (Å²) in [5.74, 6) is -2.36. The van der Waals surface area contributed by atoms with Gasteiger partial charge in [0.2, 0.25) is 11.8 Å². The van der Waals surface area contributed by atoms with Crippen molar-refractivity contribution in [1.82, 2.24) is 5.32 Å². The third-order valence-electron chi connectivity index (χ3n) is 6.22. The van der Waals surface area contributed by atoms with Crippen molar-refractivity contribution in [3.8, 4) is 0 Å². The third-order valence-corrected chi connectivity index (χ3v) is 6.22. The highest BCUT2D eigenvalue weighted by Gasteiger charge is 2.29. The van der Waals surface area contributed by atoms with E-state index in [0.717, 1.165) is 6.42 Å². The number of ketones is 1. The zero-order valence-corrected chi connectivity index (χ0v) is 20.2. The maximum absolute atomic E-state index is 12.7. The number of hydrogen-bond donors (Lipinski definition) is 3. The highest BCUT2D eigenvalue weighted by molar-refractivity contribution is 5.97. The van der Waals surface area contributed by atoms with Gasteiger partial charge in [0.25, 0.3) is 0 Å². The molecular weight excluding hydrogens is 438 g/mol. The number of ether oxygens (including phenoxy) is 1. The zero-order valence-electron chi connectivity index (χ0n) is 20.2. The van der Waals surface area contributed by atoms with E-state index in [0.29, 0.717) is 18.4 Å². The lowest BCUT2D eigenvalue weighted by atomic mass is 9.87. The standard InChI is InChI=1S/C26H37NO7/c1-16(22(30)15-21(29)12-19-13-23(31)27-24(32)14-19)10-17(2)26-18(3)11-20(28)8-6-4-5-7-9-25(33)34-26/h6-10,16,18-21,26,28-29H,4-5,11-15H2,1-3H3,(H,27,31,32)/b8-6+,9-7+,17-10+/t16-,18-,20-,21+,26-/m0/s1. The molecule has 188 valence electrons. The molecule has 2 rings (SSSR count). The first-order chi connectivity index (χ1) is 16.0. The molecule has 5 atom stereocenters. The molecule has 8 heteroatoms. The number of cyclic esters (lactones) is 1. The van der Waals surface area contributed by atoms with E-state index in [9.17, 15) is 29.4 Å². The highest BCUT2D eigenvalue weighted by atomic mass is 16.5. The van der Waals surface area contributed by atoms with Crippen LogP contribution in [0.5, 0.6) is 0 Å². The second-order valence-electron chi connectivity index (χ2n) is 9.55. The van der Waals surface area contributed by atoms with E-state index in [2.05, 4.69) is 5.32 Å². The molecule has 2 aliphatic rings. The summed E-state index contributed by atoms with van der Waals surface area (Å²) in [4.78, 5) is 48.0. The SMILES string of the molecule is C/C(=C\[C@H](C)C(=O)C[C@H](O)CC1CC(=O)NC(=O)C1)[C@@H]1OC(=O)/C=C/CC/C=C/[C@H](O)C[C@@H]1C. The van der Waals surface area contributed by atoms with Crippen LogP contribution in [0.3, 0.4) is 0 Å². The molecule has 0 unspecified atom stereocenters. The van der Waals surface area contributed by atoms with Crippen LogP contribution < -0.4 is 5.32 Å². The molecule has 0 aromatic heterocycles. The van der Waals surface area contributed by atoms with Crippen molar-refractivity contribution in [3.63, 3.8) is 0 Å². The number of hydrogen-bond acceptors (Lipinski definition) is 7. The maximum Gasteiger partial charge on any atom is 0.331 e. The van der Waals surface area contributed by atoms with Gasteiger partial charge in [0, 0.05) is 31.3 Å². The summed E-state index contributed by atoms with van der Waals surface area (Å²) in [7, 11) is 0. The maximum atomic E-state index is 12.7. The quantitative estimate of drug-likeness (QED) is 0.293. The Balaban J connectivity index is 2.02. The molecule has 0 aromatic rings. The number of piperidine rings is 1. The third kappa shape index (κ3) is 9.35. The lowest BCUT2D eigenvalue weighted by Crippen LogP contribution is -2.39. The molecule has 3 N–H and O–H groups in total. The number of amides is 2. The first-order valence-corrected chi connectivity index (χ1v) is 12.0. The molecule has 0 aromatic carbocycles. The van der Waals surface area contributed by atoms with Gasteiger partial charge in [-0.15, -0.1) is 0 Å². The molecule has 34 heavy (non-hydrogen) atoms. The minimum absolute atomic E-state index is 0.0937. The average molecular weight is 476 g/mol. The summed E-state index contributed by atoms with van der Waals surface area (Å²) in [5.41, 5.74) is 0.701. The number of aliphatic hydroxyl groups excluding tert-OH is 2. The van der Waals surface area contributed by atoms with Crippen molar-refractivity contribution in [1.29, 1.82) is 0 Å². The van der Waals surface area contributed by atoms with E-state index in [1.54, 1.807) is 32.1 Å². The number of rotatable bonds is 7. The Labute approximate surface area is 201 Å². The van der Waals surface area contributed by atoms with E-state index in [1.165, 1.54) is 6.08 Å². The Bertz CT molecular complexity index is 828. The van der Waals surface area contributed by atoms with E-state index in [1.807, 2.05) is 13.0 Å². The van der Waals surface area contributed by atoms with Gasteiger partial charge in [-0.25, -0.2) is 4.79 Å². The van der Waals surface area contributed by atoms with Crippen LogP contribution in [0.15, 0.2) is 36.0 Å². The van der Waals surface area contributed by atoms with Crippen LogP contribution in [0, 0.1) is 17.8 Å². The molecular formula is C26H37NO7. The number of Topliss-reactive ketones (excluding diaryl/α,β-unsaturated/α-hetero) is 1. The zero-order chi connectivity index (χ0) is 25.3. The van der Waals surface area contributed by atoms with Gasteiger partial charge in [-0.2, -0.15) is 0 Å². The summed E-state index contributed by atoms with van der Waals surface area (Å²) in [6, 6.07) is 0. The van der Waals surface area contributed by atoms with Crippen molar-refractivity contribution < 1.29 is 34.1 Å². The molecule has 8 nitrogen and oxygen atoms in total. The monoisotopic (exact) mass is 475 g/mol. The van der Waals surface area contributed by atoms with E-state index in [4.69, 9.17) is 4.74 Å². The fourth-order valence-corrected chi connectivity index (χ4v) is 4.52. The Morgan fingerprint density at radius 2 is 1.85 bits per heavy atom. The minimum Gasteiger partial charge on any atom is -0.454 e. The molecule has 2 heterocycles. The lowest BCUT2D eigenvalue weighted by Gasteiger charge is -2.27. The summed E-state index contributed by atoms with van der Waals surface area (Å²) >= 11 is 0. The van der Waals surface area contributed by atoms with E-state index >= 15 is 0 Å². The van der Waals surface area contributed by atoms with Crippen molar-refractivity contribution in [2.45, 2.75) is 84.0 Å². The Kier molecular flexibility index (Phi) is 10.9. The van der Waals surface area contributed by atoms with Crippen LogP contribution in [0.4, 0.5) is 0 Å². The molecule has 0 spiro atoms. The van der Waals surface area contributed by atoms with Crippen LogP contribution >= 0.6 is 0 Å². The lowest BCUT2D eigenvalue weighted by molar-refractivity contribution is -0.144. The van der Waals surface area contributed by atoms with Gasteiger partial charge in [-0.05, 0) is 50.0 Å². The molecule has 1 fully saturated rings. The Morgan fingerprint density at radius 3 is 2.53 bits per heavy atom. The van der Waals surface area contributed by atoms with Gasteiger partial charge in [0.1, 0.15) is 11.9 Å². The van der Waals surface area contributed by atoms with Crippen LogP contribution in [0.25, 0.3) is 0 Å². The first kappa shape index (κ1) is 27.7. The number of imide groups is 1. The van der Waals surface area contributed by atoms with E-state index in [-0.39, 0.29) is 55.1 Å². The number of carbonyl (C=O) groups excluding carboxylic acids is 4. The minimum atomic E-state index is -0.947. The predicted molar refractivity (Wildman–Crippen MR) is 126 cm³/mol. The first-order valence-electron chi connectivity index (χ1n) is 12.0. The van der Waals surface area contributed by atoms with Gasteiger partial charge < -0.3 is 14.9 Å².